The first kappa shape index (κ1) is 11.4. The Morgan fingerprint density at radius 3 is 2.57 bits per heavy atom. The molecule has 0 aliphatic carbocycles. The van der Waals surface area contributed by atoms with Gasteiger partial charge in [-0.2, -0.15) is 0 Å². The van der Waals surface area contributed by atoms with Gasteiger partial charge in [-0.15, -0.1) is 0 Å². The lowest BCUT2D eigenvalue weighted by molar-refractivity contribution is -0.153. The first-order valence-electron chi connectivity index (χ1n) is 4.30. The molecule has 4 atom stereocenters. The Labute approximate surface area is 81.3 Å². The highest BCUT2D eigenvalue weighted by atomic mass is 16.5. The van der Waals surface area contributed by atoms with Gasteiger partial charge >= 0.3 is 0 Å². The molecular formula is C8H14NO5. The number of aliphatic hydroxyl groups is 3. The fourth-order valence-corrected chi connectivity index (χ4v) is 1.39. The van der Waals surface area contributed by atoms with E-state index >= 15 is 0 Å². The van der Waals surface area contributed by atoms with Crippen LogP contribution in [0.3, 0.4) is 0 Å². The summed E-state index contributed by atoms with van der Waals surface area (Å²) in [5.74, 6) is -1.20. The van der Waals surface area contributed by atoms with E-state index in [4.69, 9.17) is 15.6 Å². The quantitative estimate of drug-likeness (QED) is 0.415. The largest absolute Gasteiger partial charge is 0.394 e. The Kier molecular flexibility index (Phi) is 3.82. The monoisotopic (exact) mass is 204 g/mol. The maximum Gasteiger partial charge on any atom is 0.217 e. The number of ether oxygens (including phenoxy) is 1. The van der Waals surface area contributed by atoms with Crippen molar-refractivity contribution in [1.29, 1.82) is 0 Å². The predicted octanol–water partition coefficient (Wildman–Crippen LogP) is -2.25. The number of amides is 1. The topological polar surface area (TPSA) is 113 Å². The number of hydrogen-bond acceptors (Lipinski definition) is 5. The van der Waals surface area contributed by atoms with E-state index in [9.17, 15) is 15.0 Å². The molecule has 0 unspecified atom stereocenters. The lowest BCUT2D eigenvalue weighted by Gasteiger charge is -2.35. The van der Waals surface area contributed by atoms with Crippen molar-refractivity contribution in [2.75, 3.05) is 6.61 Å². The lowest BCUT2D eigenvalue weighted by Crippen LogP contribution is -2.50. The molecule has 0 saturated carbocycles. The maximum atomic E-state index is 10.6. The van der Waals surface area contributed by atoms with Gasteiger partial charge in [0.2, 0.25) is 5.91 Å². The molecule has 1 saturated heterocycles. The van der Waals surface area contributed by atoms with Gasteiger partial charge in [0.25, 0.3) is 0 Å². The molecule has 0 bridgehead atoms. The molecule has 0 spiro atoms. The van der Waals surface area contributed by atoms with Crippen molar-refractivity contribution >= 4 is 5.91 Å². The third kappa shape index (κ3) is 2.42. The van der Waals surface area contributed by atoms with Gasteiger partial charge in [0.05, 0.1) is 19.3 Å². The van der Waals surface area contributed by atoms with Gasteiger partial charge in [-0.3, -0.25) is 4.79 Å². The van der Waals surface area contributed by atoms with E-state index in [-0.39, 0.29) is 6.42 Å². The van der Waals surface area contributed by atoms with Gasteiger partial charge in [-0.25, -0.2) is 0 Å². The molecular weight excluding hydrogens is 190 g/mol. The zero-order valence-electron chi connectivity index (χ0n) is 7.54. The van der Waals surface area contributed by atoms with E-state index < -0.39 is 36.7 Å². The molecule has 14 heavy (non-hydrogen) atoms. The van der Waals surface area contributed by atoms with Gasteiger partial charge in [-0.05, 0) is 0 Å². The average molecular weight is 204 g/mol. The summed E-state index contributed by atoms with van der Waals surface area (Å²) in [4.78, 5) is 10.6. The van der Waals surface area contributed by atoms with E-state index in [1.165, 1.54) is 6.61 Å². The number of nitrogens with two attached hydrogens (primary N) is 1. The van der Waals surface area contributed by atoms with Crippen molar-refractivity contribution in [2.45, 2.75) is 24.7 Å². The van der Waals surface area contributed by atoms with Crippen LogP contribution >= 0.6 is 0 Å². The Morgan fingerprint density at radius 2 is 2.07 bits per heavy atom. The van der Waals surface area contributed by atoms with Crippen molar-refractivity contribution in [3.8, 4) is 0 Å². The van der Waals surface area contributed by atoms with Crippen molar-refractivity contribution in [3.63, 3.8) is 0 Å². The summed E-state index contributed by atoms with van der Waals surface area (Å²) in [5.41, 5.74) is 4.94. The van der Waals surface area contributed by atoms with Crippen LogP contribution in [-0.4, -0.2) is 46.1 Å². The zero-order chi connectivity index (χ0) is 10.7. The van der Waals surface area contributed by atoms with Crippen LogP contribution in [0, 0.1) is 12.5 Å². The van der Waals surface area contributed by atoms with Crippen LogP contribution in [0.15, 0.2) is 0 Å². The number of rotatable bonds is 3. The molecule has 1 radical (unpaired) electrons. The standard InChI is InChI=1S/C8H14NO5/c9-6(11)1-4-3-14-5(2-10)8(13)7(4)12/h3-5,7-8,10,12-13H,1-2H2,(H2,9,11)/t4-,5-,7-,8-/m1/s1. The molecule has 0 aromatic carbocycles. The molecule has 6 nitrogen and oxygen atoms in total. The highest BCUT2D eigenvalue weighted by Crippen LogP contribution is 2.25. The molecule has 81 valence electrons. The molecule has 1 aliphatic rings. The highest BCUT2D eigenvalue weighted by Gasteiger charge is 2.38. The SMILES string of the molecule is NC(=O)C[C@@H]1[CH]O[C@H](CO)[C@@H](O)[C@@H]1O. The number of aliphatic hydroxyl groups excluding tert-OH is 3. The Morgan fingerprint density at radius 1 is 1.43 bits per heavy atom. The van der Waals surface area contributed by atoms with Crippen LogP contribution in [0.5, 0.6) is 0 Å². The minimum absolute atomic E-state index is 0.0869. The van der Waals surface area contributed by atoms with Gasteiger partial charge in [0, 0.05) is 12.3 Å². The molecule has 1 fully saturated rings. The lowest BCUT2D eigenvalue weighted by atomic mass is 9.90. The number of hydrogen-bond donors (Lipinski definition) is 4. The van der Waals surface area contributed by atoms with Crippen LogP contribution in [-0.2, 0) is 9.53 Å². The normalized spacial score (nSPS) is 38.2. The zero-order valence-corrected chi connectivity index (χ0v) is 7.54. The Balaban J connectivity index is 2.54. The minimum Gasteiger partial charge on any atom is -0.394 e. The molecule has 6 heteroatoms. The second kappa shape index (κ2) is 4.70. The highest BCUT2D eigenvalue weighted by molar-refractivity contribution is 5.74. The third-order valence-electron chi connectivity index (χ3n) is 2.21. The van der Waals surface area contributed by atoms with Gasteiger partial charge in [-0.1, -0.05) is 0 Å². The van der Waals surface area contributed by atoms with E-state index in [2.05, 4.69) is 0 Å². The fraction of sp³-hybridized carbons (Fsp3) is 0.750. The van der Waals surface area contributed by atoms with Crippen molar-refractivity contribution < 1.29 is 24.9 Å². The second-order valence-electron chi connectivity index (χ2n) is 3.31. The van der Waals surface area contributed by atoms with Crippen LogP contribution in [0.1, 0.15) is 6.42 Å². The van der Waals surface area contributed by atoms with Crippen LogP contribution in [0.25, 0.3) is 0 Å². The summed E-state index contributed by atoms with van der Waals surface area (Å²) in [6.45, 7) is 0.848. The van der Waals surface area contributed by atoms with Crippen molar-refractivity contribution in [1.82, 2.24) is 0 Å². The number of primary amides is 1. The summed E-state index contributed by atoms with van der Waals surface area (Å²) in [6.07, 6.45) is -3.26. The molecule has 1 aliphatic heterocycles. The fourth-order valence-electron chi connectivity index (χ4n) is 1.39. The van der Waals surface area contributed by atoms with Crippen LogP contribution < -0.4 is 5.73 Å². The maximum absolute atomic E-state index is 10.6. The second-order valence-corrected chi connectivity index (χ2v) is 3.31. The average Bonchev–Trinajstić information content (AvgIpc) is 2.13. The number of carbonyl (C=O) groups excluding carboxylic acids is 1. The summed E-state index contributed by atoms with van der Waals surface area (Å²) in [6, 6.07) is 0. The smallest absolute Gasteiger partial charge is 0.217 e. The summed E-state index contributed by atoms with van der Waals surface area (Å²) >= 11 is 0. The summed E-state index contributed by atoms with van der Waals surface area (Å²) in [5, 5.41) is 27.7. The van der Waals surface area contributed by atoms with Crippen molar-refractivity contribution in [2.24, 2.45) is 11.7 Å². The summed E-state index contributed by atoms with van der Waals surface area (Å²) < 4.78 is 4.93. The molecule has 1 rings (SSSR count). The van der Waals surface area contributed by atoms with Gasteiger partial charge in [0.15, 0.2) is 0 Å². The van der Waals surface area contributed by atoms with Crippen molar-refractivity contribution in [3.05, 3.63) is 6.61 Å². The Bertz CT molecular complexity index is 210. The summed E-state index contributed by atoms with van der Waals surface area (Å²) in [7, 11) is 0. The van der Waals surface area contributed by atoms with E-state index in [0.717, 1.165) is 0 Å². The molecule has 5 N–H and O–H groups in total. The first-order valence-corrected chi connectivity index (χ1v) is 4.30. The van der Waals surface area contributed by atoms with E-state index in [1.54, 1.807) is 0 Å². The molecule has 0 aromatic heterocycles. The van der Waals surface area contributed by atoms with Crippen LogP contribution in [0.2, 0.25) is 0 Å². The van der Waals surface area contributed by atoms with E-state index in [1.807, 2.05) is 0 Å². The molecule has 0 aromatic rings. The third-order valence-corrected chi connectivity index (χ3v) is 2.21. The minimum atomic E-state index is -1.20. The first-order chi connectivity index (χ1) is 6.56. The molecule has 1 heterocycles. The molecule has 1 amide bonds. The Hall–Kier alpha value is -0.690. The number of carbonyl (C=O) groups is 1. The predicted molar refractivity (Wildman–Crippen MR) is 45.6 cm³/mol. The van der Waals surface area contributed by atoms with Crippen LogP contribution in [0.4, 0.5) is 0 Å². The van der Waals surface area contributed by atoms with E-state index in [0.29, 0.717) is 0 Å². The van der Waals surface area contributed by atoms with Gasteiger partial charge < -0.3 is 25.8 Å². The van der Waals surface area contributed by atoms with Gasteiger partial charge in [0.1, 0.15) is 12.2 Å².